The Morgan fingerprint density at radius 2 is 1.88 bits per heavy atom. The lowest BCUT2D eigenvalue weighted by atomic mass is 10.0. The maximum Gasteiger partial charge on any atom is 0.142 e. The van der Waals surface area contributed by atoms with Crippen LogP contribution in [0.1, 0.15) is 30.0 Å². The summed E-state index contributed by atoms with van der Waals surface area (Å²) in [5, 5.41) is 0.330. The van der Waals surface area contributed by atoms with Crippen LogP contribution in [0.25, 0.3) is 10.9 Å². The van der Waals surface area contributed by atoms with Gasteiger partial charge >= 0.3 is 0 Å². The molecule has 1 aromatic heterocycles. The summed E-state index contributed by atoms with van der Waals surface area (Å²) in [7, 11) is 0. The zero-order valence-corrected chi connectivity index (χ0v) is 13.4. The highest BCUT2D eigenvalue weighted by Gasteiger charge is 2.18. The highest BCUT2D eigenvalue weighted by molar-refractivity contribution is 5.82. The topological polar surface area (TPSA) is 87.0 Å². The fourth-order valence-corrected chi connectivity index (χ4v) is 2.63. The van der Waals surface area contributed by atoms with E-state index in [2.05, 4.69) is 9.97 Å². The van der Waals surface area contributed by atoms with Crippen LogP contribution in [0.4, 0.5) is 4.39 Å². The average molecular weight is 326 g/mol. The second-order valence-electron chi connectivity index (χ2n) is 5.34. The molecule has 2 aromatic carbocycles. The molecule has 3 rings (SSSR count). The first-order valence-corrected chi connectivity index (χ1v) is 7.77. The van der Waals surface area contributed by atoms with Crippen molar-refractivity contribution in [3.63, 3.8) is 0 Å². The summed E-state index contributed by atoms with van der Waals surface area (Å²) in [5.41, 5.74) is 13.8. The van der Waals surface area contributed by atoms with Gasteiger partial charge in [-0.05, 0) is 36.8 Å². The molecule has 0 radical (unpaired) electrons. The highest BCUT2D eigenvalue weighted by Crippen LogP contribution is 2.28. The molecular weight excluding hydrogens is 307 g/mol. The van der Waals surface area contributed by atoms with Crippen LogP contribution in [-0.2, 0) is 6.54 Å². The van der Waals surface area contributed by atoms with E-state index < -0.39 is 11.9 Å². The third kappa shape index (κ3) is 3.06. The van der Waals surface area contributed by atoms with E-state index in [9.17, 15) is 4.39 Å². The molecule has 0 aliphatic heterocycles. The summed E-state index contributed by atoms with van der Waals surface area (Å²) >= 11 is 0. The molecule has 0 amide bonds. The average Bonchev–Trinajstić information content (AvgIpc) is 2.61. The van der Waals surface area contributed by atoms with Gasteiger partial charge in [-0.2, -0.15) is 0 Å². The highest BCUT2D eigenvalue weighted by atomic mass is 19.1. The molecule has 0 aliphatic carbocycles. The predicted molar refractivity (Wildman–Crippen MR) is 91.0 cm³/mol. The summed E-state index contributed by atoms with van der Waals surface area (Å²) in [6.45, 7) is 2.67. The summed E-state index contributed by atoms with van der Waals surface area (Å²) in [6, 6.07) is 11.5. The number of ether oxygens (including phenoxy) is 1. The maximum absolute atomic E-state index is 14.3. The minimum Gasteiger partial charge on any atom is -0.494 e. The first-order valence-electron chi connectivity index (χ1n) is 7.77. The quantitative estimate of drug-likeness (QED) is 0.753. The summed E-state index contributed by atoms with van der Waals surface area (Å²) < 4.78 is 19.8. The van der Waals surface area contributed by atoms with Crippen LogP contribution in [0, 0.1) is 5.82 Å². The van der Waals surface area contributed by atoms with Gasteiger partial charge in [0.25, 0.3) is 0 Å². The van der Waals surface area contributed by atoms with Crippen molar-refractivity contribution in [2.75, 3.05) is 6.61 Å². The fourth-order valence-electron chi connectivity index (χ4n) is 2.63. The van der Waals surface area contributed by atoms with Crippen molar-refractivity contribution in [1.82, 2.24) is 9.97 Å². The molecule has 0 fully saturated rings. The summed E-state index contributed by atoms with van der Waals surface area (Å²) in [5.74, 6) is 0.798. The van der Waals surface area contributed by atoms with Gasteiger partial charge in [-0.25, -0.2) is 14.4 Å². The number of nitrogens with zero attached hydrogens (tertiary/aromatic N) is 2. The molecule has 0 saturated heterocycles. The molecular formula is C18H19FN4O. The number of halogens is 1. The maximum atomic E-state index is 14.3. The standard InChI is InChI=1S/C18H19FN4O/c1-2-24-12-8-6-11(7-9-12)17(21)18-16-13(19)4-3-5-14(16)22-15(10-20)23-18/h3-9,17H,2,10,20-21H2,1H3. The molecule has 24 heavy (non-hydrogen) atoms. The van der Waals surface area contributed by atoms with E-state index in [1.807, 2.05) is 31.2 Å². The van der Waals surface area contributed by atoms with Crippen molar-refractivity contribution in [2.24, 2.45) is 11.5 Å². The van der Waals surface area contributed by atoms with E-state index in [1.54, 1.807) is 12.1 Å². The van der Waals surface area contributed by atoms with Gasteiger partial charge in [0.15, 0.2) is 0 Å². The van der Waals surface area contributed by atoms with Crippen molar-refractivity contribution in [2.45, 2.75) is 19.5 Å². The molecule has 1 heterocycles. The molecule has 0 bridgehead atoms. The second kappa shape index (κ2) is 6.90. The number of benzene rings is 2. The number of hydrogen-bond donors (Lipinski definition) is 2. The lowest BCUT2D eigenvalue weighted by molar-refractivity contribution is 0.340. The molecule has 5 nitrogen and oxygen atoms in total. The first kappa shape index (κ1) is 16.3. The second-order valence-corrected chi connectivity index (χ2v) is 5.34. The molecule has 4 N–H and O–H groups in total. The normalized spacial score (nSPS) is 12.3. The Kier molecular flexibility index (Phi) is 4.69. The van der Waals surface area contributed by atoms with Crippen molar-refractivity contribution in [3.05, 3.63) is 65.4 Å². The Balaban J connectivity index is 2.09. The fraction of sp³-hybridized carbons (Fsp3) is 0.222. The van der Waals surface area contributed by atoms with Crippen LogP contribution in [-0.4, -0.2) is 16.6 Å². The molecule has 0 spiro atoms. The van der Waals surface area contributed by atoms with Crippen LogP contribution in [0.2, 0.25) is 0 Å². The summed E-state index contributed by atoms with van der Waals surface area (Å²) in [6.07, 6.45) is 0. The minimum atomic E-state index is -0.589. The van der Waals surface area contributed by atoms with E-state index in [0.717, 1.165) is 11.3 Å². The van der Waals surface area contributed by atoms with Crippen LogP contribution >= 0.6 is 0 Å². The van der Waals surface area contributed by atoms with E-state index >= 15 is 0 Å². The number of hydrogen-bond acceptors (Lipinski definition) is 5. The van der Waals surface area contributed by atoms with E-state index in [4.69, 9.17) is 16.2 Å². The smallest absolute Gasteiger partial charge is 0.142 e. The van der Waals surface area contributed by atoms with Gasteiger partial charge in [0, 0.05) is 0 Å². The van der Waals surface area contributed by atoms with Gasteiger partial charge in [0.1, 0.15) is 17.4 Å². The predicted octanol–water partition coefficient (Wildman–Crippen LogP) is 2.67. The van der Waals surface area contributed by atoms with Gasteiger partial charge < -0.3 is 16.2 Å². The molecule has 0 saturated carbocycles. The molecule has 1 unspecified atom stereocenters. The number of rotatable bonds is 5. The van der Waals surface area contributed by atoms with Gasteiger partial charge in [-0.3, -0.25) is 0 Å². The van der Waals surface area contributed by atoms with Crippen LogP contribution < -0.4 is 16.2 Å². The zero-order valence-electron chi connectivity index (χ0n) is 13.4. The molecule has 1 atom stereocenters. The van der Waals surface area contributed by atoms with Crippen molar-refractivity contribution in [1.29, 1.82) is 0 Å². The van der Waals surface area contributed by atoms with E-state index in [1.165, 1.54) is 6.07 Å². The van der Waals surface area contributed by atoms with Crippen LogP contribution in [0.3, 0.4) is 0 Å². The number of fused-ring (bicyclic) bond motifs is 1. The third-order valence-electron chi connectivity index (χ3n) is 3.77. The molecule has 124 valence electrons. The SMILES string of the molecule is CCOc1ccc(C(N)c2nc(CN)nc3cccc(F)c23)cc1. The molecule has 0 aliphatic rings. The Morgan fingerprint density at radius 1 is 1.12 bits per heavy atom. The lowest BCUT2D eigenvalue weighted by Crippen LogP contribution is -2.17. The van der Waals surface area contributed by atoms with Gasteiger partial charge in [-0.15, -0.1) is 0 Å². The first-order chi connectivity index (χ1) is 11.6. The van der Waals surface area contributed by atoms with Crippen LogP contribution in [0.15, 0.2) is 42.5 Å². The van der Waals surface area contributed by atoms with Gasteiger partial charge in [0.2, 0.25) is 0 Å². The monoisotopic (exact) mass is 326 g/mol. The zero-order chi connectivity index (χ0) is 17.1. The van der Waals surface area contributed by atoms with E-state index in [-0.39, 0.29) is 6.54 Å². The van der Waals surface area contributed by atoms with E-state index in [0.29, 0.717) is 29.0 Å². The van der Waals surface area contributed by atoms with Gasteiger partial charge in [-0.1, -0.05) is 18.2 Å². The lowest BCUT2D eigenvalue weighted by Gasteiger charge is -2.16. The number of nitrogens with two attached hydrogens (primary N) is 2. The largest absolute Gasteiger partial charge is 0.494 e. The van der Waals surface area contributed by atoms with Gasteiger partial charge in [0.05, 0.1) is 35.8 Å². The van der Waals surface area contributed by atoms with Crippen molar-refractivity contribution < 1.29 is 9.13 Å². The Morgan fingerprint density at radius 3 is 2.54 bits per heavy atom. The summed E-state index contributed by atoms with van der Waals surface area (Å²) in [4.78, 5) is 8.66. The molecule has 3 aromatic rings. The number of aromatic nitrogens is 2. The Bertz CT molecular complexity index is 852. The Hall–Kier alpha value is -2.57. The third-order valence-corrected chi connectivity index (χ3v) is 3.77. The minimum absolute atomic E-state index is 0.162. The molecule has 6 heteroatoms. The Labute approximate surface area is 139 Å². The van der Waals surface area contributed by atoms with Crippen LogP contribution in [0.5, 0.6) is 5.75 Å². The van der Waals surface area contributed by atoms with Crippen molar-refractivity contribution >= 4 is 10.9 Å². The van der Waals surface area contributed by atoms with Crippen molar-refractivity contribution in [3.8, 4) is 5.75 Å².